The zero-order valence-corrected chi connectivity index (χ0v) is 11.7. The maximum absolute atomic E-state index is 12.0. The molecule has 1 heterocycles. The Hall–Kier alpha value is -1.62. The molecular formula is C14H23N3O2. The molecule has 0 bridgehead atoms. The first-order valence-corrected chi connectivity index (χ1v) is 6.83. The summed E-state index contributed by atoms with van der Waals surface area (Å²) in [5, 5.41) is 5.96. The summed E-state index contributed by atoms with van der Waals surface area (Å²) in [6.45, 7) is 6.69. The maximum atomic E-state index is 12.0. The highest BCUT2D eigenvalue weighted by molar-refractivity contribution is 5.99. The van der Waals surface area contributed by atoms with Crippen LogP contribution in [-0.4, -0.2) is 37.2 Å². The molecule has 1 aromatic heterocycles. The molecule has 0 atom stereocenters. The summed E-state index contributed by atoms with van der Waals surface area (Å²) in [5.74, 6) is -0.0996. The molecule has 0 aliphatic rings. The van der Waals surface area contributed by atoms with Gasteiger partial charge >= 0.3 is 0 Å². The van der Waals surface area contributed by atoms with Gasteiger partial charge in [0.2, 0.25) is 0 Å². The lowest BCUT2D eigenvalue weighted by Crippen LogP contribution is -2.28. The third-order valence-corrected chi connectivity index (χ3v) is 2.61. The minimum absolute atomic E-state index is 0.0996. The van der Waals surface area contributed by atoms with Gasteiger partial charge in [-0.2, -0.15) is 0 Å². The van der Waals surface area contributed by atoms with Crippen molar-refractivity contribution >= 4 is 11.6 Å². The largest absolute Gasteiger partial charge is 0.383 e. The van der Waals surface area contributed by atoms with Crippen molar-refractivity contribution < 1.29 is 9.53 Å². The number of nitrogens with zero attached hydrogens (tertiary/aromatic N) is 1. The van der Waals surface area contributed by atoms with Crippen LogP contribution < -0.4 is 10.6 Å². The van der Waals surface area contributed by atoms with Crippen LogP contribution in [0.3, 0.4) is 0 Å². The Morgan fingerprint density at radius 2 is 2.21 bits per heavy atom. The third-order valence-electron chi connectivity index (χ3n) is 2.61. The molecule has 1 amide bonds. The number of carbonyl (C=O) groups excluding carboxylic acids is 1. The zero-order valence-electron chi connectivity index (χ0n) is 11.7. The average molecular weight is 265 g/mol. The molecule has 1 rings (SSSR count). The first-order valence-electron chi connectivity index (χ1n) is 6.83. The summed E-state index contributed by atoms with van der Waals surface area (Å²) in [7, 11) is 0. The smallest absolute Gasteiger partial charge is 0.253 e. The van der Waals surface area contributed by atoms with Crippen molar-refractivity contribution in [3.8, 4) is 0 Å². The van der Waals surface area contributed by atoms with E-state index in [2.05, 4.69) is 22.5 Å². The van der Waals surface area contributed by atoms with Crippen molar-refractivity contribution in [2.45, 2.75) is 26.7 Å². The van der Waals surface area contributed by atoms with E-state index in [0.717, 1.165) is 31.7 Å². The van der Waals surface area contributed by atoms with Crippen LogP contribution in [0.5, 0.6) is 0 Å². The van der Waals surface area contributed by atoms with Gasteiger partial charge in [-0.25, -0.2) is 0 Å². The number of ether oxygens (including phenoxy) is 1. The molecule has 0 aromatic carbocycles. The van der Waals surface area contributed by atoms with Crippen LogP contribution in [0.1, 0.15) is 37.0 Å². The van der Waals surface area contributed by atoms with E-state index in [1.807, 2.05) is 6.92 Å². The van der Waals surface area contributed by atoms with Crippen LogP contribution >= 0.6 is 0 Å². The molecule has 0 unspecified atom stereocenters. The molecule has 0 saturated carbocycles. The number of nitrogens with one attached hydrogen (secondary N) is 2. The van der Waals surface area contributed by atoms with Crippen LogP contribution in [0.4, 0.5) is 5.69 Å². The van der Waals surface area contributed by atoms with Crippen LogP contribution in [-0.2, 0) is 4.74 Å². The molecule has 19 heavy (non-hydrogen) atoms. The Bertz CT molecular complexity index is 383. The summed E-state index contributed by atoms with van der Waals surface area (Å²) < 4.78 is 5.40. The summed E-state index contributed by atoms with van der Waals surface area (Å²) in [6, 6.07) is 1.71. The van der Waals surface area contributed by atoms with E-state index in [-0.39, 0.29) is 5.91 Å². The van der Waals surface area contributed by atoms with Gasteiger partial charge in [-0.1, -0.05) is 13.3 Å². The molecule has 2 N–H and O–H groups in total. The van der Waals surface area contributed by atoms with E-state index in [9.17, 15) is 4.79 Å². The normalized spacial score (nSPS) is 10.2. The average Bonchev–Trinajstić information content (AvgIpc) is 2.43. The van der Waals surface area contributed by atoms with Crippen molar-refractivity contribution in [1.82, 2.24) is 10.3 Å². The third kappa shape index (κ3) is 5.70. The van der Waals surface area contributed by atoms with Gasteiger partial charge in [0.05, 0.1) is 24.1 Å². The number of pyridine rings is 1. The second-order valence-corrected chi connectivity index (χ2v) is 4.17. The first-order chi connectivity index (χ1) is 9.29. The van der Waals surface area contributed by atoms with Gasteiger partial charge in [-0.05, 0) is 19.4 Å². The molecule has 0 saturated heterocycles. The highest BCUT2D eigenvalue weighted by Crippen LogP contribution is 2.12. The molecule has 0 fully saturated rings. The highest BCUT2D eigenvalue weighted by atomic mass is 16.5. The first kappa shape index (κ1) is 15.4. The lowest BCUT2D eigenvalue weighted by Gasteiger charge is -2.10. The summed E-state index contributed by atoms with van der Waals surface area (Å²) in [4.78, 5) is 16.0. The Balaban J connectivity index is 2.36. The highest BCUT2D eigenvalue weighted by Gasteiger charge is 2.09. The standard InChI is InChI=1S/C14H23N3O2/c1-3-5-9-19-10-8-17-14(18)12-6-7-15-11-13(12)16-4-2/h6-7,11,16H,3-5,8-10H2,1-2H3,(H,17,18). The molecule has 0 aliphatic heterocycles. The molecule has 0 radical (unpaired) electrons. The number of hydrogen-bond donors (Lipinski definition) is 2. The Labute approximate surface area is 114 Å². The van der Waals surface area contributed by atoms with Gasteiger partial charge in [-0.3, -0.25) is 9.78 Å². The molecule has 0 aliphatic carbocycles. The number of rotatable bonds is 9. The second-order valence-electron chi connectivity index (χ2n) is 4.17. The van der Waals surface area contributed by atoms with Gasteiger partial charge < -0.3 is 15.4 Å². The van der Waals surface area contributed by atoms with E-state index in [1.54, 1.807) is 18.5 Å². The number of amides is 1. The van der Waals surface area contributed by atoms with Crippen LogP contribution in [0.25, 0.3) is 0 Å². The fourth-order valence-electron chi connectivity index (χ4n) is 1.60. The predicted octanol–water partition coefficient (Wildman–Crippen LogP) is 2.06. The van der Waals surface area contributed by atoms with Crippen LogP contribution in [0.2, 0.25) is 0 Å². The Morgan fingerprint density at radius 1 is 1.37 bits per heavy atom. The lowest BCUT2D eigenvalue weighted by atomic mass is 10.2. The molecule has 106 valence electrons. The molecular weight excluding hydrogens is 242 g/mol. The van der Waals surface area contributed by atoms with Crippen molar-refractivity contribution in [2.24, 2.45) is 0 Å². The van der Waals surface area contributed by atoms with Crippen LogP contribution in [0.15, 0.2) is 18.5 Å². The van der Waals surface area contributed by atoms with Crippen molar-refractivity contribution in [1.29, 1.82) is 0 Å². The number of unbranched alkanes of at least 4 members (excludes halogenated alkanes) is 1. The molecule has 1 aromatic rings. The topological polar surface area (TPSA) is 63.2 Å². The number of hydrogen-bond acceptors (Lipinski definition) is 4. The summed E-state index contributed by atoms with van der Waals surface area (Å²) >= 11 is 0. The predicted molar refractivity (Wildman–Crippen MR) is 76.5 cm³/mol. The molecule has 0 spiro atoms. The fraction of sp³-hybridized carbons (Fsp3) is 0.571. The maximum Gasteiger partial charge on any atom is 0.253 e. The van der Waals surface area contributed by atoms with Gasteiger partial charge in [0.1, 0.15) is 0 Å². The van der Waals surface area contributed by atoms with E-state index >= 15 is 0 Å². The molecule has 5 nitrogen and oxygen atoms in total. The van der Waals surface area contributed by atoms with Crippen molar-refractivity contribution in [3.05, 3.63) is 24.0 Å². The Kier molecular flexibility index (Phi) is 7.58. The van der Waals surface area contributed by atoms with Crippen LogP contribution in [0, 0.1) is 0 Å². The van der Waals surface area contributed by atoms with Gasteiger partial charge in [0, 0.05) is 25.9 Å². The lowest BCUT2D eigenvalue weighted by molar-refractivity contribution is 0.0913. The second kappa shape index (κ2) is 9.33. The summed E-state index contributed by atoms with van der Waals surface area (Å²) in [6.07, 6.45) is 5.46. The monoisotopic (exact) mass is 265 g/mol. The number of aromatic nitrogens is 1. The number of anilines is 1. The number of carbonyl (C=O) groups is 1. The van der Waals surface area contributed by atoms with Crippen molar-refractivity contribution in [2.75, 3.05) is 31.6 Å². The van der Waals surface area contributed by atoms with E-state index in [4.69, 9.17) is 4.74 Å². The van der Waals surface area contributed by atoms with E-state index in [1.165, 1.54) is 0 Å². The Morgan fingerprint density at radius 3 is 2.95 bits per heavy atom. The minimum atomic E-state index is -0.0996. The fourth-order valence-corrected chi connectivity index (χ4v) is 1.60. The van der Waals surface area contributed by atoms with Crippen molar-refractivity contribution in [3.63, 3.8) is 0 Å². The van der Waals surface area contributed by atoms with E-state index < -0.39 is 0 Å². The van der Waals surface area contributed by atoms with Gasteiger partial charge in [0.25, 0.3) is 5.91 Å². The quantitative estimate of drug-likeness (QED) is 0.671. The summed E-state index contributed by atoms with van der Waals surface area (Å²) in [5.41, 5.74) is 1.37. The molecule has 5 heteroatoms. The van der Waals surface area contributed by atoms with Gasteiger partial charge in [0.15, 0.2) is 0 Å². The van der Waals surface area contributed by atoms with Gasteiger partial charge in [-0.15, -0.1) is 0 Å². The zero-order chi connectivity index (χ0) is 13.9. The van der Waals surface area contributed by atoms with E-state index in [0.29, 0.717) is 18.7 Å². The minimum Gasteiger partial charge on any atom is -0.383 e. The SMILES string of the molecule is CCCCOCCNC(=O)c1ccncc1NCC.